The molecule has 0 N–H and O–H groups in total. The Morgan fingerprint density at radius 3 is 2.23 bits per heavy atom. The molecule has 2 atom stereocenters. The molecule has 0 aliphatic carbocycles. The average molecular weight is 311 g/mol. The van der Waals surface area contributed by atoms with Crippen LogP contribution in [0.2, 0.25) is 0 Å². The highest BCUT2D eigenvalue weighted by Crippen LogP contribution is 2.45. The van der Waals surface area contributed by atoms with Gasteiger partial charge in [-0.2, -0.15) is 0 Å². The van der Waals surface area contributed by atoms with E-state index >= 15 is 0 Å². The number of hydrogen-bond donors (Lipinski definition) is 0. The van der Waals surface area contributed by atoms with Gasteiger partial charge in [-0.05, 0) is 38.5 Å². The molecule has 1 saturated heterocycles. The highest BCUT2D eigenvalue weighted by atomic mass is 32.2. The maximum absolute atomic E-state index is 12.6. The lowest BCUT2D eigenvalue weighted by atomic mass is 9.91. The van der Waals surface area contributed by atoms with E-state index in [9.17, 15) is 4.79 Å². The molecule has 0 radical (unpaired) electrons. The van der Waals surface area contributed by atoms with Crippen LogP contribution in [-0.2, 0) is 4.79 Å². The molecule has 0 bridgehead atoms. The van der Waals surface area contributed by atoms with Gasteiger partial charge in [-0.3, -0.25) is 4.79 Å². The van der Waals surface area contributed by atoms with Crippen LogP contribution in [0, 0.1) is 6.92 Å². The normalized spacial score (nSPS) is 21.1. The number of hydrogen-bond acceptors (Lipinski definition) is 2. The summed E-state index contributed by atoms with van der Waals surface area (Å²) in [6, 6.07) is 19.1. The number of aryl methyl sites for hydroxylation is 1. The second-order valence-electron chi connectivity index (χ2n) is 6.05. The van der Waals surface area contributed by atoms with Crippen LogP contribution in [0.4, 0.5) is 0 Å². The molecule has 0 aromatic heterocycles. The third-order valence-corrected chi connectivity index (χ3v) is 5.32. The molecule has 114 valence electrons. The summed E-state index contributed by atoms with van der Waals surface area (Å²) >= 11 is 1.68. The van der Waals surface area contributed by atoms with E-state index in [-0.39, 0.29) is 23.2 Å². The summed E-state index contributed by atoms with van der Waals surface area (Å²) in [5, 5.41) is -0.0208. The number of rotatable bonds is 4. The fraction of sp³-hybridized carbons (Fsp3) is 0.316. The smallest absolute Gasteiger partial charge is 0.239 e. The van der Waals surface area contributed by atoms with E-state index in [1.165, 1.54) is 11.1 Å². The minimum Gasteiger partial charge on any atom is -0.331 e. The van der Waals surface area contributed by atoms with Crippen LogP contribution in [0.25, 0.3) is 0 Å². The third-order valence-electron chi connectivity index (χ3n) is 4.07. The summed E-state index contributed by atoms with van der Waals surface area (Å²) in [5.41, 5.74) is 2.48. The van der Waals surface area contributed by atoms with E-state index in [4.69, 9.17) is 0 Å². The lowest BCUT2D eigenvalue weighted by Gasteiger charge is -2.49. The summed E-state index contributed by atoms with van der Waals surface area (Å²) in [4.78, 5) is 15.7. The predicted octanol–water partition coefficient (Wildman–Crippen LogP) is 4.45. The van der Waals surface area contributed by atoms with Gasteiger partial charge in [0.25, 0.3) is 0 Å². The first-order chi connectivity index (χ1) is 10.6. The Bertz CT molecular complexity index is 651. The maximum Gasteiger partial charge on any atom is 0.239 e. The van der Waals surface area contributed by atoms with Gasteiger partial charge in [0.05, 0.1) is 6.04 Å². The molecule has 0 saturated carbocycles. The van der Waals surface area contributed by atoms with Gasteiger partial charge < -0.3 is 4.90 Å². The zero-order valence-corrected chi connectivity index (χ0v) is 14.0. The summed E-state index contributed by atoms with van der Waals surface area (Å²) in [6.07, 6.45) is 0. The van der Waals surface area contributed by atoms with Gasteiger partial charge in [0.1, 0.15) is 5.25 Å². The second-order valence-corrected chi connectivity index (χ2v) is 7.26. The molecule has 0 spiro atoms. The standard InChI is InChI=1S/C19H21NOS/c1-13(2)20-17(15-11-9-14(3)10-12-15)18(19(20)21)22-16-7-5-4-6-8-16/h4-13,17-18H,1-3H3/t17-,18-/m1/s1. The zero-order chi connectivity index (χ0) is 15.7. The van der Waals surface area contributed by atoms with Crippen LogP contribution in [-0.4, -0.2) is 22.1 Å². The Kier molecular flexibility index (Phi) is 4.25. The highest BCUT2D eigenvalue weighted by Gasteiger charge is 2.49. The molecule has 3 rings (SSSR count). The van der Waals surface area contributed by atoms with Crippen molar-refractivity contribution in [1.29, 1.82) is 0 Å². The Morgan fingerprint density at radius 1 is 1.00 bits per heavy atom. The number of thioether (sulfide) groups is 1. The van der Waals surface area contributed by atoms with Gasteiger partial charge in [0.2, 0.25) is 5.91 Å². The first kappa shape index (κ1) is 15.2. The average Bonchev–Trinajstić information content (AvgIpc) is 2.51. The van der Waals surface area contributed by atoms with Crippen molar-refractivity contribution in [3.8, 4) is 0 Å². The largest absolute Gasteiger partial charge is 0.331 e. The number of nitrogens with zero attached hydrogens (tertiary/aromatic N) is 1. The van der Waals surface area contributed by atoms with Crippen molar-refractivity contribution < 1.29 is 4.79 Å². The van der Waals surface area contributed by atoms with E-state index < -0.39 is 0 Å². The monoisotopic (exact) mass is 311 g/mol. The van der Waals surface area contributed by atoms with Gasteiger partial charge >= 0.3 is 0 Å². The molecule has 0 unspecified atom stereocenters. The van der Waals surface area contributed by atoms with E-state index in [1.54, 1.807) is 11.8 Å². The summed E-state index contributed by atoms with van der Waals surface area (Å²) < 4.78 is 0. The van der Waals surface area contributed by atoms with Crippen molar-refractivity contribution in [2.45, 2.75) is 43.0 Å². The van der Waals surface area contributed by atoms with Crippen molar-refractivity contribution in [2.24, 2.45) is 0 Å². The number of likely N-dealkylation sites (tertiary alicyclic amines) is 1. The lowest BCUT2D eigenvalue weighted by molar-refractivity contribution is -0.147. The predicted molar refractivity (Wildman–Crippen MR) is 92.0 cm³/mol. The van der Waals surface area contributed by atoms with Gasteiger partial charge in [-0.25, -0.2) is 0 Å². The fourth-order valence-electron chi connectivity index (χ4n) is 2.92. The number of benzene rings is 2. The van der Waals surface area contributed by atoms with Crippen molar-refractivity contribution in [2.75, 3.05) is 0 Å². The summed E-state index contributed by atoms with van der Waals surface area (Å²) in [5.74, 6) is 0.245. The molecule has 1 aliphatic heterocycles. The Hall–Kier alpha value is -1.74. The molecule has 1 fully saturated rings. The van der Waals surface area contributed by atoms with Crippen molar-refractivity contribution in [3.63, 3.8) is 0 Å². The molecule has 1 heterocycles. The molecule has 2 aromatic carbocycles. The summed E-state index contributed by atoms with van der Waals surface area (Å²) in [6.45, 7) is 6.26. The van der Waals surface area contributed by atoms with Gasteiger partial charge in [-0.1, -0.05) is 48.0 Å². The quantitative estimate of drug-likeness (QED) is 0.778. The number of carbonyl (C=O) groups excluding carboxylic acids is 1. The van der Waals surface area contributed by atoms with Crippen LogP contribution in [0.1, 0.15) is 31.0 Å². The number of carbonyl (C=O) groups is 1. The Balaban J connectivity index is 1.87. The molecule has 2 nitrogen and oxygen atoms in total. The van der Waals surface area contributed by atoms with Crippen LogP contribution in [0.5, 0.6) is 0 Å². The fourth-order valence-corrected chi connectivity index (χ4v) is 4.17. The van der Waals surface area contributed by atoms with Gasteiger partial charge in [0.15, 0.2) is 0 Å². The van der Waals surface area contributed by atoms with Gasteiger partial charge in [0, 0.05) is 10.9 Å². The molecule has 22 heavy (non-hydrogen) atoms. The third kappa shape index (κ3) is 2.78. The highest BCUT2D eigenvalue weighted by molar-refractivity contribution is 8.00. The minimum atomic E-state index is -0.0208. The van der Waals surface area contributed by atoms with E-state index in [0.29, 0.717) is 0 Å². The molecule has 2 aromatic rings. The molecule has 1 aliphatic rings. The summed E-state index contributed by atoms with van der Waals surface area (Å²) in [7, 11) is 0. The molecular formula is C19H21NOS. The molecule has 1 amide bonds. The Morgan fingerprint density at radius 2 is 1.64 bits per heavy atom. The second kappa shape index (κ2) is 6.17. The maximum atomic E-state index is 12.6. The van der Waals surface area contributed by atoms with Crippen molar-refractivity contribution in [3.05, 3.63) is 65.7 Å². The zero-order valence-electron chi connectivity index (χ0n) is 13.2. The van der Waals surface area contributed by atoms with E-state index in [0.717, 1.165) is 4.90 Å². The number of β-lactam (4-membered cyclic amide) rings is 1. The van der Waals surface area contributed by atoms with Gasteiger partial charge in [-0.15, -0.1) is 11.8 Å². The molecule has 3 heteroatoms. The SMILES string of the molecule is Cc1ccc([C@@H]2[C@@H](Sc3ccccc3)C(=O)N2C(C)C)cc1. The molecular weight excluding hydrogens is 290 g/mol. The van der Waals surface area contributed by atoms with Crippen LogP contribution in [0.3, 0.4) is 0 Å². The van der Waals surface area contributed by atoms with Crippen LogP contribution < -0.4 is 0 Å². The van der Waals surface area contributed by atoms with Crippen molar-refractivity contribution >= 4 is 17.7 Å². The van der Waals surface area contributed by atoms with Crippen LogP contribution in [0.15, 0.2) is 59.5 Å². The minimum absolute atomic E-state index is 0.0208. The van der Waals surface area contributed by atoms with E-state index in [2.05, 4.69) is 57.2 Å². The first-order valence-electron chi connectivity index (χ1n) is 7.68. The first-order valence-corrected chi connectivity index (χ1v) is 8.56. The van der Waals surface area contributed by atoms with Crippen molar-refractivity contribution in [1.82, 2.24) is 4.90 Å². The van der Waals surface area contributed by atoms with Crippen LogP contribution >= 0.6 is 11.8 Å². The van der Waals surface area contributed by atoms with E-state index in [1.807, 2.05) is 23.1 Å². The topological polar surface area (TPSA) is 20.3 Å². The lowest BCUT2D eigenvalue weighted by Crippen LogP contribution is -2.59. The Labute approximate surface area is 136 Å². The number of amides is 1.